The van der Waals surface area contributed by atoms with Crippen molar-refractivity contribution in [2.75, 3.05) is 6.61 Å². The second kappa shape index (κ2) is 6.00. The van der Waals surface area contributed by atoms with E-state index in [0.717, 1.165) is 5.56 Å². The topological polar surface area (TPSA) is 45.4 Å². The molecule has 96 valence electrons. The fourth-order valence-electron chi connectivity index (χ4n) is 1.64. The van der Waals surface area contributed by atoms with Crippen LogP contribution in [0.25, 0.3) is 0 Å². The van der Waals surface area contributed by atoms with Crippen molar-refractivity contribution in [3.63, 3.8) is 0 Å². The molecule has 0 fully saturated rings. The number of nitrogens with one attached hydrogen (secondary N) is 1. The predicted octanol–water partition coefficient (Wildman–Crippen LogP) is 2.90. The number of halogens is 2. The van der Waals surface area contributed by atoms with Gasteiger partial charge in [-0.15, -0.1) is 0 Å². The van der Waals surface area contributed by atoms with Crippen molar-refractivity contribution in [3.05, 3.63) is 58.8 Å². The molecule has 1 heterocycles. The first-order valence-electron chi connectivity index (χ1n) is 5.52. The van der Waals surface area contributed by atoms with Gasteiger partial charge < -0.3 is 14.8 Å². The van der Waals surface area contributed by atoms with E-state index in [-0.39, 0.29) is 17.7 Å². The van der Waals surface area contributed by atoms with Crippen LogP contribution in [0.3, 0.4) is 0 Å². The SMILES string of the molecule is OCC(NCc1ccc(Cl)c(F)c1)c1ccco1. The van der Waals surface area contributed by atoms with Gasteiger partial charge in [0.1, 0.15) is 11.6 Å². The number of aliphatic hydroxyl groups excluding tert-OH is 1. The summed E-state index contributed by atoms with van der Waals surface area (Å²) in [6.07, 6.45) is 1.54. The van der Waals surface area contributed by atoms with Crippen molar-refractivity contribution in [2.24, 2.45) is 0 Å². The predicted molar refractivity (Wildman–Crippen MR) is 66.8 cm³/mol. The van der Waals surface area contributed by atoms with Gasteiger partial charge in [0.2, 0.25) is 0 Å². The molecule has 0 saturated carbocycles. The highest BCUT2D eigenvalue weighted by molar-refractivity contribution is 6.30. The Labute approximate surface area is 109 Å². The lowest BCUT2D eigenvalue weighted by Gasteiger charge is -2.13. The summed E-state index contributed by atoms with van der Waals surface area (Å²) in [7, 11) is 0. The molecule has 0 amide bonds. The molecule has 2 rings (SSSR count). The molecule has 0 bridgehead atoms. The van der Waals surface area contributed by atoms with Gasteiger partial charge in [0.25, 0.3) is 0 Å². The average Bonchev–Trinajstić information content (AvgIpc) is 2.88. The zero-order chi connectivity index (χ0) is 13.0. The monoisotopic (exact) mass is 269 g/mol. The van der Waals surface area contributed by atoms with E-state index in [0.29, 0.717) is 12.3 Å². The van der Waals surface area contributed by atoms with Crippen molar-refractivity contribution < 1.29 is 13.9 Å². The molecule has 5 heteroatoms. The van der Waals surface area contributed by atoms with Gasteiger partial charge >= 0.3 is 0 Å². The van der Waals surface area contributed by atoms with Gasteiger partial charge in [-0.2, -0.15) is 0 Å². The summed E-state index contributed by atoms with van der Waals surface area (Å²) in [5.74, 6) is 0.196. The van der Waals surface area contributed by atoms with E-state index in [2.05, 4.69) is 5.32 Å². The van der Waals surface area contributed by atoms with Crippen molar-refractivity contribution in [1.29, 1.82) is 0 Å². The third-order valence-corrected chi connectivity index (χ3v) is 2.91. The maximum absolute atomic E-state index is 13.2. The maximum Gasteiger partial charge on any atom is 0.142 e. The molecule has 1 atom stereocenters. The lowest BCUT2D eigenvalue weighted by molar-refractivity contribution is 0.225. The van der Waals surface area contributed by atoms with Gasteiger partial charge in [-0.05, 0) is 29.8 Å². The first kappa shape index (κ1) is 13.1. The van der Waals surface area contributed by atoms with Gasteiger partial charge in [-0.25, -0.2) is 4.39 Å². The lowest BCUT2D eigenvalue weighted by Crippen LogP contribution is -2.23. The van der Waals surface area contributed by atoms with Crippen LogP contribution in [-0.2, 0) is 6.54 Å². The van der Waals surface area contributed by atoms with Crippen LogP contribution in [0.1, 0.15) is 17.4 Å². The van der Waals surface area contributed by atoms with Gasteiger partial charge in [-0.1, -0.05) is 17.7 Å². The fourth-order valence-corrected chi connectivity index (χ4v) is 1.75. The minimum Gasteiger partial charge on any atom is -0.468 e. The lowest BCUT2D eigenvalue weighted by atomic mass is 10.2. The second-order valence-electron chi connectivity index (χ2n) is 3.88. The van der Waals surface area contributed by atoms with Gasteiger partial charge in [0.05, 0.1) is 23.9 Å². The van der Waals surface area contributed by atoms with Crippen LogP contribution < -0.4 is 5.32 Å². The van der Waals surface area contributed by atoms with E-state index in [4.69, 9.17) is 16.0 Å². The van der Waals surface area contributed by atoms with E-state index >= 15 is 0 Å². The highest BCUT2D eigenvalue weighted by atomic mass is 35.5. The number of benzene rings is 1. The third-order valence-electron chi connectivity index (χ3n) is 2.61. The summed E-state index contributed by atoms with van der Waals surface area (Å²) in [6.45, 7) is 0.323. The van der Waals surface area contributed by atoms with E-state index < -0.39 is 5.82 Å². The molecule has 18 heavy (non-hydrogen) atoms. The molecule has 1 aromatic carbocycles. The van der Waals surface area contributed by atoms with Gasteiger partial charge in [0, 0.05) is 6.54 Å². The van der Waals surface area contributed by atoms with Crippen molar-refractivity contribution in [2.45, 2.75) is 12.6 Å². The number of aliphatic hydroxyl groups is 1. The Morgan fingerprint density at radius 1 is 1.39 bits per heavy atom. The van der Waals surface area contributed by atoms with Gasteiger partial charge in [-0.3, -0.25) is 0 Å². The molecule has 0 aliphatic heterocycles. The standard InChI is InChI=1S/C13H13ClFNO2/c14-10-4-3-9(6-11(10)15)7-16-12(8-17)13-2-1-5-18-13/h1-6,12,16-17H,7-8H2. The molecule has 3 nitrogen and oxygen atoms in total. The molecule has 0 aliphatic rings. The minimum atomic E-state index is -0.450. The Hall–Kier alpha value is -1.36. The molecule has 2 aromatic rings. The van der Waals surface area contributed by atoms with E-state index in [1.807, 2.05) is 0 Å². The summed E-state index contributed by atoms with van der Waals surface area (Å²) in [6, 6.07) is 7.83. The van der Waals surface area contributed by atoms with Crippen LogP contribution in [0.5, 0.6) is 0 Å². The van der Waals surface area contributed by atoms with Crippen LogP contribution in [0.2, 0.25) is 5.02 Å². The highest BCUT2D eigenvalue weighted by Crippen LogP contribution is 2.17. The van der Waals surface area contributed by atoms with Crippen molar-refractivity contribution in [1.82, 2.24) is 5.32 Å². The largest absolute Gasteiger partial charge is 0.468 e. The summed E-state index contributed by atoms with van der Waals surface area (Å²) in [5.41, 5.74) is 0.752. The Kier molecular flexibility index (Phi) is 4.36. The summed E-state index contributed by atoms with van der Waals surface area (Å²) < 4.78 is 18.4. The van der Waals surface area contributed by atoms with Gasteiger partial charge in [0.15, 0.2) is 0 Å². The van der Waals surface area contributed by atoms with Crippen molar-refractivity contribution in [3.8, 4) is 0 Å². The Bertz CT molecular complexity index is 502. The van der Waals surface area contributed by atoms with Crippen molar-refractivity contribution >= 4 is 11.6 Å². The van der Waals surface area contributed by atoms with E-state index in [1.54, 1.807) is 24.5 Å². The Balaban J connectivity index is 1.99. The molecule has 0 radical (unpaired) electrons. The minimum absolute atomic E-state index is 0.0937. The average molecular weight is 270 g/mol. The van der Waals surface area contributed by atoms with E-state index in [9.17, 15) is 9.50 Å². The molecule has 2 N–H and O–H groups in total. The number of hydrogen-bond donors (Lipinski definition) is 2. The number of rotatable bonds is 5. The smallest absolute Gasteiger partial charge is 0.142 e. The molecule has 0 aliphatic carbocycles. The maximum atomic E-state index is 13.2. The first-order valence-corrected chi connectivity index (χ1v) is 5.90. The Morgan fingerprint density at radius 2 is 2.22 bits per heavy atom. The van der Waals surface area contributed by atoms with Crippen LogP contribution in [-0.4, -0.2) is 11.7 Å². The quantitative estimate of drug-likeness (QED) is 0.877. The molecule has 1 aromatic heterocycles. The second-order valence-corrected chi connectivity index (χ2v) is 4.29. The molecular weight excluding hydrogens is 257 g/mol. The normalized spacial score (nSPS) is 12.6. The van der Waals surface area contributed by atoms with Crippen LogP contribution in [0.15, 0.2) is 41.0 Å². The Morgan fingerprint density at radius 3 is 2.83 bits per heavy atom. The molecule has 0 spiro atoms. The first-order chi connectivity index (χ1) is 8.70. The zero-order valence-electron chi connectivity index (χ0n) is 9.57. The summed E-state index contributed by atoms with van der Waals surface area (Å²) in [5, 5.41) is 12.4. The summed E-state index contributed by atoms with van der Waals surface area (Å²) in [4.78, 5) is 0. The fraction of sp³-hybridized carbons (Fsp3) is 0.231. The van der Waals surface area contributed by atoms with Crippen LogP contribution in [0, 0.1) is 5.82 Å². The van der Waals surface area contributed by atoms with E-state index in [1.165, 1.54) is 12.1 Å². The third kappa shape index (κ3) is 3.10. The van der Waals surface area contributed by atoms with Crippen LogP contribution >= 0.6 is 11.6 Å². The summed E-state index contributed by atoms with van der Waals surface area (Å²) >= 11 is 5.60. The van der Waals surface area contributed by atoms with Crippen LogP contribution in [0.4, 0.5) is 4.39 Å². The molecule has 0 saturated heterocycles. The zero-order valence-corrected chi connectivity index (χ0v) is 10.3. The molecular formula is C13H13ClFNO2. The number of hydrogen-bond acceptors (Lipinski definition) is 3. The highest BCUT2D eigenvalue weighted by Gasteiger charge is 2.12. The number of furan rings is 1. The molecule has 1 unspecified atom stereocenters.